The fourth-order valence-corrected chi connectivity index (χ4v) is 3.45. The van der Waals surface area contributed by atoms with Crippen LogP contribution in [0.25, 0.3) is 0 Å². The number of halogens is 2. The minimum atomic E-state index is -0.482. The SMILES string of the molecule is CC1CCC(C)CC(CNC(=O)c2cc(F)cc(Cl)c2)C1. The van der Waals surface area contributed by atoms with Crippen LogP contribution >= 0.6 is 11.6 Å². The van der Waals surface area contributed by atoms with E-state index in [1.807, 2.05) is 0 Å². The van der Waals surface area contributed by atoms with Gasteiger partial charge in [0.1, 0.15) is 5.82 Å². The van der Waals surface area contributed by atoms with Gasteiger partial charge in [-0.15, -0.1) is 0 Å². The zero-order valence-corrected chi connectivity index (χ0v) is 13.4. The van der Waals surface area contributed by atoms with E-state index in [4.69, 9.17) is 11.6 Å². The standard InChI is InChI=1S/C17H23ClFNO/c1-11-3-4-12(2)6-13(5-11)10-20-17(21)14-7-15(18)9-16(19)8-14/h7-9,11-13H,3-6,10H2,1-2H3,(H,20,21). The first kappa shape index (κ1) is 16.3. The lowest BCUT2D eigenvalue weighted by atomic mass is 9.92. The summed E-state index contributed by atoms with van der Waals surface area (Å²) in [6, 6.07) is 3.92. The molecule has 0 saturated heterocycles. The summed E-state index contributed by atoms with van der Waals surface area (Å²) < 4.78 is 13.3. The van der Waals surface area contributed by atoms with Gasteiger partial charge in [0.05, 0.1) is 0 Å². The third kappa shape index (κ3) is 4.99. The molecule has 2 atom stereocenters. The summed E-state index contributed by atoms with van der Waals surface area (Å²) in [6.45, 7) is 5.21. The monoisotopic (exact) mass is 311 g/mol. The predicted molar refractivity (Wildman–Crippen MR) is 84.0 cm³/mol. The lowest BCUT2D eigenvalue weighted by Gasteiger charge is -2.19. The van der Waals surface area contributed by atoms with E-state index in [0.29, 0.717) is 24.3 Å². The van der Waals surface area contributed by atoms with E-state index in [2.05, 4.69) is 19.2 Å². The van der Waals surface area contributed by atoms with Gasteiger partial charge in [-0.25, -0.2) is 4.39 Å². The van der Waals surface area contributed by atoms with Gasteiger partial charge in [-0.1, -0.05) is 38.3 Å². The summed E-state index contributed by atoms with van der Waals surface area (Å²) >= 11 is 5.78. The number of benzene rings is 1. The van der Waals surface area contributed by atoms with Crippen LogP contribution in [0.15, 0.2) is 18.2 Å². The lowest BCUT2D eigenvalue weighted by Crippen LogP contribution is -2.30. The molecule has 116 valence electrons. The lowest BCUT2D eigenvalue weighted by molar-refractivity contribution is 0.0943. The maximum Gasteiger partial charge on any atom is 0.251 e. The zero-order chi connectivity index (χ0) is 15.4. The van der Waals surface area contributed by atoms with E-state index >= 15 is 0 Å². The quantitative estimate of drug-likeness (QED) is 0.807. The molecule has 1 aliphatic rings. The molecule has 1 saturated carbocycles. The van der Waals surface area contributed by atoms with Crippen molar-refractivity contribution in [3.05, 3.63) is 34.6 Å². The Bertz CT molecular complexity index is 473. The van der Waals surface area contributed by atoms with Gasteiger partial charge in [-0.05, 0) is 48.8 Å². The smallest absolute Gasteiger partial charge is 0.251 e. The molecule has 1 fully saturated rings. The van der Waals surface area contributed by atoms with Crippen molar-refractivity contribution in [1.29, 1.82) is 0 Å². The van der Waals surface area contributed by atoms with E-state index in [1.54, 1.807) is 0 Å². The first-order chi connectivity index (χ1) is 9.94. The molecule has 0 spiro atoms. The first-order valence-corrected chi connectivity index (χ1v) is 8.06. The van der Waals surface area contributed by atoms with E-state index in [9.17, 15) is 9.18 Å². The molecule has 1 aromatic rings. The average Bonchev–Trinajstić information content (AvgIpc) is 2.56. The zero-order valence-electron chi connectivity index (χ0n) is 12.7. The molecule has 0 aromatic heterocycles. The van der Waals surface area contributed by atoms with Crippen LogP contribution in [0.1, 0.15) is 49.9 Å². The van der Waals surface area contributed by atoms with Gasteiger partial charge in [0, 0.05) is 17.1 Å². The Kier molecular flexibility index (Phi) is 5.63. The number of nitrogens with one attached hydrogen (secondary N) is 1. The van der Waals surface area contributed by atoms with Crippen molar-refractivity contribution in [2.24, 2.45) is 17.8 Å². The largest absolute Gasteiger partial charge is 0.352 e. The summed E-state index contributed by atoms with van der Waals surface area (Å²) in [5.74, 6) is 1.19. The van der Waals surface area contributed by atoms with Crippen LogP contribution < -0.4 is 5.32 Å². The van der Waals surface area contributed by atoms with Crippen molar-refractivity contribution in [1.82, 2.24) is 5.32 Å². The van der Waals surface area contributed by atoms with Gasteiger partial charge in [-0.2, -0.15) is 0 Å². The van der Waals surface area contributed by atoms with Gasteiger partial charge >= 0.3 is 0 Å². The maximum atomic E-state index is 13.3. The van der Waals surface area contributed by atoms with Crippen molar-refractivity contribution in [2.45, 2.75) is 39.5 Å². The Hall–Kier alpha value is -1.09. The van der Waals surface area contributed by atoms with Crippen LogP contribution in [-0.4, -0.2) is 12.5 Å². The van der Waals surface area contributed by atoms with Crippen LogP contribution in [0.4, 0.5) is 4.39 Å². The number of hydrogen-bond acceptors (Lipinski definition) is 1. The summed E-state index contributed by atoms with van der Waals surface area (Å²) in [5.41, 5.74) is 0.287. The van der Waals surface area contributed by atoms with Crippen LogP contribution in [0.3, 0.4) is 0 Å². The van der Waals surface area contributed by atoms with Crippen molar-refractivity contribution < 1.29 is 9.18 Å². The predicted octanol–water partition coefficient (Wildman–Crippen LogP) is 4.67. The highest BCUT2D eigenvalue weighted by atomic mass is 35.5. The molecule has 1 amide bonds. The van der Waals surface area contributed by atoms with Crippen molar-refractivity contribution in [3.8, 4) is 0 Å². The van der Waals surface area contributed by atoms with E-state index < -0.39 is 5.82 Å². The summed E-state index contributed by atoms with van der Waals surface area (Å²) in [4.78, 5) is 12.1. The fourth-order valence-electron chi connectivity index (χ4n) is 3.23. The third-order valence-electron chi connectivity index (χ3n) is 4.30. The molecule has 1 aromatic carbocycles. The molecule has 0 aliphatic heterocycles. The molecular weight excluding hydrogens is 289 g/mol. The Labute approximate surface area is 131 Å². The molecule has 21 heavy (non-hydrogen) atoms. The first-order valence-electron chi connectivity index (χ1n) is 7.68. The van der Waals surface area contributed by atoms with Gasteiger partial charge < -0.3 is 5.32 Å². The molecule has 2 unspecified atom stereocenters. The van der Waals surface area contributed by atoms with Crippen LogP contribution in [0.2, 0.25) is 5.02 Å². The minimum Gasteiger partial charge on any atom is -0.352 e. The Morgan fingerprint density at radius 2 is 1.86 bits per heavy atom. The van der Waals surface area contributed by atoms with Crippen LogP contribution in [0, 0.1) is 23.6 Å². The van der Waals surface area contributed by atoms with Gasteiger partial charge in [0.2, 0.25) is 0 Å². The maximum absolute atomic E-state index is 13.3. The topological polar surface area (TPSA) is 29.1 Å². The van der Waals surface area contributed by atoms with E-state index in [1.165, 1.54) is 31.0 Å². The van der Waals surface area contributed by atoms with Crippen molar-refractivity contribution in [3.63, 3.8) is 0 Å². The Morgan fingerprint density at radius 3 is 2.43 bits per heavy atom. The highest BCUT2D eigenvalue weighted by Gasteiger charge is 2.22. The van der Waals surface area contributed by atoms with Gasteiger partial charge in [-0.3, -0.25) is 4.79 Å². The molecule has 2 rings (SSSR count). The molecule has 0 heterocycles. The number of hydrogen-bond donors (Lipinski definition) is 1. The summed E-state index contributed by atoms with van der Waals surface area (Å²) in [5, 5.41) is 3.17. The van der Waals surface area contributed by atoms with Crippen molar-refractivity contribution in [2.75, 3.05) is 6.54 Å². The number of rotatable bonds is 3. The van der Waals surface area contributed by atoms with Gasteiger partial charge in [0.25, 0.3) is 5.91 Å². The minimum absolute atomic E-state index is 0.247. The van der Waals surface area contributed by atoms with E-state index in [0.717, 1.165) is 12.8 Å². The number of amides is 1. The van der Waals surface area contributed by atoms with Crippen LogP contribution in [0.5, 0.6) is 0 Å². The van der Waals surface area contributed by atoms with Crippen LogP contribution in [-0.2, 0) is 0 Å². The second kappa shape index (κ2) is 7.26. The molecule has 1 N–H and O–H groups in total. The average molecular weight is 312 g/mol. The second-order valence-corrected chi connectivity index (χ2v) is 6.93. The normalized spacial score (nSPS) is 26.2. The third-order valence-corrected chi connectivity index (χ3v) is 4.52. The van der Waals surface area contributed by atoms with E-state index in [-0.39, 0.29) is 16.5 Å². The highest BCUT2D eigenvalue weighted by molar-refractivity contribution is 6.31. The Balaban J connectivity index is 1.93. The second-order valence-electron chi connectivity index (χ2n) is 6.49. The summed E-state index contributed by atoms with van der Waals surface area (Å²) in [6.07, 6.45) is 4.83. The molecule has 1 aliphatic carbocycles. The molecule has 4 heteroatoms. The molecule has 0 radical (unpaired) electrons. The number of carbonyl (C=O) groups excluding carboxylic acids is 1. The highest BCUT2D eigenvalue weighted by Crippen LogP contribution is 2.30. The number of carbonyl (C=O) groups is 1. The molecule has 2 nitrogen and oxygen atoms in total. The molecular formula is C17H23ClFNO. The Morgan fingerprint density at radius 1 is 1.24 bits per heavy atom. The fraction of sp³-hybridized carbons (Fsp3) is 0.588. The summed E-state index contributed by atoms with van der Waals surface area (Å²) in [7, 11) is 0. The molecule has 0 bridgehead atoms. The van der Waals surface area contributed by atoms with Gasteiger partial charge in [0.15, 0.2) is 0 Å². The van der Waals surface area contributed by atoms with Crippen molar-refractivity contribution >= 4 is 17.5 Å².